The van der Waals surface area contributed by atoms with Crippen LogP contribution < -0.4 is 10.6 Å². The minimum atomic E-state index is -1.12. The summed E-state index contributed by atoms with van der Waals surface area (Å²) in [4.78, 5) is 25.9. The molecule has 1 unspecified atom stereocenters. The van der Waals surface area contributed by atoms with Gasteiger partial charge in [0.05, 0.1) is 12.0 Å². The normalized spacial score (nSPS) is 20.8. The summed E-state index contributed by atoms with van der Waals surface area (Å²) in [6.07, 6.45) is 2.70. The van der Waals surface area contributed by atoms with E-state index in [1.807, 2.05) is 32.0 Å². The van der Waals surface area contributed by atoms with E-state index in [4.69, 9.17) is 16.6 Å². The van der Waals surface area contributed by atoms with Crippen molar-refractivity contribution in [1.29, 1.82) is 0 Å². The van der Waals surface area contributed by atoms with Gasteiger partial charge in [0.2, 0.25) is 11.8 Å². The lowest BCUT2D eigenvalue weighted by atomic mass is 9.83. The van der Waals surface area contributed by atoms with Gasteiger partial charge in [0.1, 0.15) is 0 Å². The number of rotatable bonds is 8. The molecule has 1 saturated carbocycles. The number of aromatic amines is 1. The molecule has 0 spiro atoms. The van der Waals surface area contributed by atoms with E-state index in [1.165, 1.54) is 0 Å². The van der Waals surface area contributed by atoms with Crippen LogP contribution in [0.25, 0.3) is 0 Å². The highest BCUT2D eigenvalue weighted by molar-refractivity contribution is 7.71. The van der Waals surface area contributed by atoms with Crippen LogP contribution in [0.4, 0.5) is 0 Å². The van der Waals surface area contributed by atoms with Gasteiger partial charge < -0.3 is 20.2 Å². The minimum Gasteiger partial charge on any atom is -0.411 e. The van der Waals surface area contributed by atoms with Crippen LogP contribution in [-0.2, 0) is 4.79 Å². The van der Waals surface area contributed by atoms with Crippen molar-refractivity contribution in [3.63, 3.8) is 0 Å². The Bertz CT molecular complexity index is 927. The summed E-state index contributed by atoms with van der Waals surface area (Å²) in [7, 11) is 0. The van der Waals surface area contributed by atoms with Crippen molar-refractivity contribution in [3.05, 3.63) is 46.6 Å². The van der Waals surface area contributed by atoms with Crippen LogP contribution >= 0.6 is 12.2 Å². The minimum absolute atomic E-state index is 0.0496. The van der Waals surface area contributed by atoms with E-state index in [-0.39, 0.29) is 40.4 Å². The van der Waals surface area contributed by atoms with Crippen molar-refractivity contribution >= 4 is 24.0 Å². The smallest absolute Gasteiger partial charge is 0.284 e. The average molecular weight is 447 g/mol. The quantitative estimate of drug-likeness (QED) is 0.462. The molecule has 168 valence electrons. The van der Waals surface area contributed by atoms with E-state index in [1.54, 1.807) is 12.1 Å². The lowest BCUT2D eigenvalue weighted by Crippen LogP contribution is -2.51. The Hall–Kier alpha value is -2.52. The highest BCUT2D eigenvalue weighted by atomic mass is 32.1. The number of H-pyrrole nitrogens is 1. The van der Waals surface area contributed by atoms with Gasteiger partial charge in [0.25, 0.3) is 10.7 Å². The number of hydrogen-bond acceptors (Lipinski definition) is 6. The molecule has 31 heavy (non-hydrogen) atoms. The first-order valence-corrected chi connectivity index (χ1v) is 11.2. The van der Waals surface area contributed by atoms with Gasteiger partial charge in [-0.3, -0.25) is 9.59 Å². The van der Waals surface area contributed by atoms with Gasteiger partial charge >= 0.3 is 0 Å². The molecule has 1 aromatic carbocycles. The summed E-state index contributed by atoms with van der Waals surface area (Å²) in [5.41, 5.74) is 0.570. The second-order valence-corrected chi connectivity index (χ2v) is 8.85. The molecule has 0 bridgehead atoms. The fourth-order valence-electron chi connectivity index (χ4n) is 4.06. The van der Waals surface area contributed by atoms with Crippen LogP contribution in [0.5, 0.6) is 0 Å². The molecule has 1 heterocycles. The molecule has 1 aliphatic rings. The second kappa shape index (κ2) is 10.7. The summed E-state index contributed by atoms with van der Waals surface area (Å²) < 4.78 is 5.25. The summed E-state index contributed by atoms with van der Waals surface area (Å²) >= 11 is 4.89. The predicted molar refractivity (Wildman–Crippen MR) is 118 cm³/mol. The third-order valence-electron chi connectivity index (χ3n) is 5.60. The summed E-state index contributed by atoms with van der Waals surface area (Å²) in [6.45, 7) is 4.02. The van der Waals surface area contributed by atoms with Gasteiger partial charge in [0.15, 0.2) is 6.10 Å². The molecule has 3 rings (SSSR count). The first-order valence-electron chi connectivity index (χ1n) is 10.7. The zero-order chi connectivity index (χ0) is 22.4. The zero-order valence-electron chi connectivity index (χ0n) is 17.8. The number of aliphatic hydroxyl groups is 1. The molecular formula is C22H30N4O4S. The van der Waals surface area contributed by atoms with Gasteiger partial charge in [-0.2, -0.15) is 0 Å². The van der Waals surface area contributed by atoms with Gasteiger partial charge in [-0.1, -0.05) is 44.9 Å². The van der Waals surface area contributed by atoms with Crippen molar-refractivity contribution in [2.24, 2.45) is 11.8 Å². The molecule has 1 fully saturated rings. The topological polar surface area (TPSA) is 120 Å². The summed E-state index contributed by atoms with van der Waals surface area (Å²) in [5, 5.41) is 23.1. The van der Waals surface area contributed by atoms with Gasteiger partial charge in [0, 0.05) is 11.6 Å². The first-order chi connectivity index (χ1) is 14.8. The largest absolute Gasteiger partial charge is 0.411 e. The molecule has 1 aliphatic carbocycles. The molecule has 4 atom stereocenters. The van der Waals surface area contributed by atoms with Crippen molar-refractivity contribution in [2.45, 2.75) is 64.1 Å². The number of aliphatic hydroxyl groups excluding tert-OH is 1. The lowest BCUT2D eigenvalue weighted by Gasteiger charge is -2.33. The average Bonchev–Trinajstić information content (AvgIpc) is 3.19. The number of amides is 2. The van der Waals surface area contributed by atoms with Crippen molar-refractivity contribution in [3.8, 4) is 0 Å². The maximum absolute atomic E-state index is 13.2. The van der Waals surface area contributed by atoms with Crippen LogP contribution in [0, 0.1) is 16.7 Å². The number of aromatic nitrogens is 2. The van der Waals surface area contributed by atoms with Crippen LogP contribution in [0.15, 0.2) is 34.7 Å². The van der Waals surface area contributed by atoms with E-state index >= 15 is 0 Å². The molecule has 0 aliphatic heterocycles. The zero-order valence-corrected chi connectivity index (χ0v) is 18.7. The van der Waals surface area contributed by atoms with Crippen LogP contribution in [-0.4, -0.2) is 39.2 Å². The summed E-state index contributed by atoms with van der Waals surface area (Å²) in [6, 6.07) is 8.15. The SMILES string of the molecule is CC(C)C[C@H](NC(=O)[C@@H]1CCCC[C@@H]1NC(=O)c1ccccc1)C(O)c1n[nH]c(=S)o1. The Morgan fingerprint density at radius 3 is 2.61 bits per heavy atom. The second-order valence-electron chi connectivity index (χ2n) is 8.48. The molecule has 9 heteroatoms. The number of carbonyl (C=O) groups is 2. The van der Waals surface area contributed by atoms with Crippen LogP contribution in [0.1, 0.15) is 68.3 Å². The maximum Gasteiger partial charge on any atom is 0.284 e. The fourth-order valence-corrected chi connectivity index (χ4v) is 4.19. The third-order valence-corrected chi connectivity index (χ3v) is 5.77. The number of nitrogens with one attached hydrogen (secondary N) is 3. The molecule has 2 aromatic rings. The van der Waals surface area contributed by atoms with Gasteiger partial charge in [-0.15, -0.1) is 5.10 Å². The Morgan fingerprint density at radius 1 is 1.26 bits per heavy atom. The third kappa shape index (κ3) is 6.24. The van der Waals surface area contributed by atoms with Crippen LogP contribution in [0.2, 0.25) is 0 Å². The molecule has 1 aromatic heterocycles. The standard InChI is InChI=1S/C22H30N4O4S/c1-13(2)12-17(18(27)21-25-26-22(31)30-21)24-20(29)15-10-6-7-11-16(15)23-19(28)14-8-4-3-5-9-14/h3-5,8-9,13,15-18,27H,6-7,10-12H2,1-2H3,(H,23,28)(H,24,29)(H,26,31)/t15-,16+,17+,18?/m1/s1. The number of carbonyl (C=O) groups excluding carboxylic acids is 2. The molecule has 4 N–H and O–H groups in total. The monoisotopic (exact) mass is 446 g/mol. The van der Waals surface area contributed by atoms with Crippen LogP contribution in [0.3, 0.4) is 0 Å². The van der Waals surface area contributed by atoms with Crippen molar-refractivity contribution < 1.29 is 19.1 Å². The van der Waals surface area contributed by atoms with Gasteiger partial charge in [-0.25, -0.2) is 5.10 Å². The predicted octanol–water partition coefficient (Wildman–Crippen LogP) is 3.29. The number of nitrogens with zero attached hydrogens (tertiary/aromatic N) is 1. The Labute approximate surface area is 186 Å². The van der Waals surface area contributed by atoms with E-state index in [0.29, 0.717) is 18.4 Å². The van der Waals surface area contributed by atoms with Crippen molar-refractivity contribution in [1.82, 2.24) is 20.8 Å². The highest BCUT2D eigenvalue weighted by Gasteiger charge is 2.35. The molecular weight excluding hydrogens is 416 g/mol. The summed E-state index contributed by atoms with van der Waals surface area (Å²) in [5.74, 6) is -0.460. The molecule has 0 radical (unpaired) electrons. The van der Waals surface area contributed by atoms with E-state index in [2.05, 4.69) is 20.8 Å². The number of benzene rings is 1. The van der Waals surface area contributed by atoms with E-state index < -0.39 is 12.1 Å². The first kappa shape index (κ1) is 23.1. The fraction of sp³-hybridized carbons (Fsp3) is 0.545. The lowest BCUT2D eigenvalue weighted by molar-refractivity contribution is -0.128. The Kier molecular flexibility index (Phi) is 7.97. The molecule has 2 amide bonds. The molecule has 8 nitrogen and oxygen atoms in total. The Morgan fingerprint density at radius 2 is 1.97 bits per heavy atom. The number of hydrogen-bond donors (Lipinski definition) is 4. The highest BCUT2D eigenvalue weighted by Crippen LogP contribution is 2.27. The van der Waals surface area contributed by atoms with Crippen molar-refractivity contribution in [2.75, 3.05) is 0 Å². The molecule has 0 saturated heterocycles. The maximum atomic E-state index is 13.2. The van der Waals surface area contributed by atoms with E-state index in [9.17, 15) is 14.7 Å². The van der Waals surface area contributed by atoms with E-state index in [0.717, 1.165) is 19.3 Å². The van der Waals surface area contributed by atoms with Gasteiger partial charge in [-0.05, 0) is 49.5 Å². The Balaban J connectivity index is 1.71.